The summed E-state index contributed by atoms with van der Waals surface area (Å²) >= 11 is 3.24. The average Bonchev–Trinajstić information content (AvgIpc) is 2.45. The number of ether oxygens (including phenoxy) is 1. The average molecular weight is 351 g/mol. The summed E-state index contributed by atoms with van der Waals surface area (Å²) in [4.78, 5) is 10.3. The van der Waals surface area contributed by atoms with Crippen LogP contribution in [0.3, 0.4) is 0 Å². The van der Waals surface area contributed by atoms with E-state index < -0.39 is 4.92 Å². The van der Waals surface area contributed by atoms with Gasteiger partial charge in [0.05, 0.1) is 17.6 Å². The van der Waals surface area contributed by atoms with E-state index in [2.05, 4.69) is 15.9 Å². The Balaban J connectivity index is 1.86. The van der Waals surface area contributed by atoms with Gasteiger partial charge in [-0.15, -0.1) is 0 Å². The lowest BCUT2D eigenvalue weighted by Crippen LogP contribution is -2.00. The van der Waals surface area contributed by atoms with E-state index in [1.54, 1.807) is 6.07 Å². The molecule has 0 heterocycles. The Morgan fingerprint density at radius 1 is 1.19 bits per heavy atom. The van der Waals surface area contributed by atoms with Crippen molar-refractivity contribution >= 4 is 27.3 Å². The Labute approximate surface area is 131 Å². The van der Waals surface area contributed by atoms with Crippen molar-refractivity contribution in [2.45, 2.75) is 12.8 Å². The van der Waals surface area contributed by atoms with Crippen LogP contribution < -0.4 is 10.5 Å². The molecule has 0 bridgehead atoms. The predicted octanol–water partition coefficient (Wildman–Crippen LogP) is 3.95. The molecule has 0 fully saturated rings. The molecule has 0 aliphatic rings. The Bertz CT molecular complexity index is 629. The molecular weight excluding hydrogens is 336 g/mol. The fourth-order valence-corrected chi connectivity index (χ4v) is 2.35. The smallest absolute Gasteiger partial charge is 0.274 e. The first-order valence-corrected chi connectivity index (χ1v) is 7.26. The zero-order chi connectivity index (χ0) is 15.2. The maximum Gasteiger partial charge on any atom is 0.274 e. The number of nitrogen functional groups attached to an aromatic ring is 1. The Morgan fingerprint density at radius 3 is 2.57 bits per heavy atom. The van der Waals surface area contributed by atoms with Crippen LogP contribution in [0.4, 0.5) is 11.4 Å². The minimum atomic E-state index is -0.438. The van der Waals surface area contributed by atoms with E-state index >= 15 is 0 Å². The molecule has 0 saturated heterocycles. The normalized spacial score (nSPS) is 10.3. The lowest BCUT2D eigenvalue weighted by atomic mass is 10.1. The summed E-state index contributed by atoms with van der Waals surface area (Å²) in [6.07, 6.45) is 1.70. The second-order valence-corrected chi connectivity index (χ2v) is 5.51. The number of nitrogens with zero attached hydrogens (tertiary/aromatic N) is 1. The van der Waals surface area contributed by atoms with E-state index in [0.29, 0.717) is 16.8 Å². The molecule has 0 radical (unpaired) electrons. The van der Waals surface area contributed by atoms with E-state index in [4.69, 9.17) is 10.5 Å². The Kier molecular flexibility index (Phi) is 5.16. The molecule has 2 N–H and O–H groups in total. The van der Waals surface area contributed by atoms with E-state index in [1.165, 1.54) is 17.7 Å². The molecule has 0 unspecified atom stereocenters. The van der Waals surface area contributed by atoms with Crippen molar-refractivity contribution in [1.29, 1.82) is 0 Å². The predicted molar refractivity (Wildman–Crippen MR) is 85.5 cm³/mol. The lowest BCUT2D eigenvalue weighted by molar-refractivity contribution is -0.385. The summed E-state index contributed by atoms with van der Waals surface area (Å²) in [5, 5.41) is 10.8. The fraction of sp³-hybridized carbons (Fsp3) is 0.200. The number of halogens is 1. The van der Waals surface area contributed by atoms with Crippen molar-refractivity contribution in [3.05, 3.63) is 62.6 Å². The highest BCUT2D eigenvalue weighted by molar-refractivity contribution is 9.10. The SMILES string of the molecule is Nc1ccc(CCCOc2cc(Br)cc([N+](=O)[O-])c2)cc1. The van der Waals surface area contributed by atoms with Crippen LogP contribution in [0.25, 0.3) is 0 Å². The van der Waals surface area contributed by atoms with Crippen LogP contribution in [-0.2, 0) is 6.42 Å². The molecule has 0 amide bonds. The molecule has 0 atom stereocenters. The van der Waals surface area contributed by atoms with Gasteiger partial charge in [0.25, 0.3) is 5.69 Å². The molecule has 6 heteroatoms. The minimum absolute atomic E-state index is 0.0120. The van der Waals surface area contributed by atoms with Crippen molar-refractivity contribution in [3.63, 3.8) is 0 Å². The van der Waals surface area contributed by atoms with Gasteiger partial charge in [0.1, 0.15) is 5.75 Å². The van der Waals surface area contributed by atoms with Crippen LogP contribution in [-0.4, -0.2) is 11.5 Å². The molecule has 2 aromatic rings. The molecular formula is C15H15BrN2O3. The van der Waals surface area contributed by atoms with Crippen molar-refractivity contribution < 1.29 is 9.66 Å². The summed E-state index contributed by atoms with van der Waals surface area (Å²) in [5.41, 5.74) is 7.57. The maximum atomic E-state index is 10.8. The van der Waals surface area contributed by atoms with Crippen molar-refractivity contribution in [3.8, 4) is 5.75 Å². The molecule has 0 saturated carbocycles. The Hall–Kier alpha value is -2.08. The minimum Gasteiger partial charge on any atom is -0.493 e. The van der Waals surface area contributed by atoms with Gasteiger partial charge < -0.3 is 10.5 Å². The van der Waals surface area contributed by atoms with Gasteiger partial charge in [0, 0.05) is 16.2 Å². The van der Waals surface area contributed by atoms with Crippen LogP contribution in [0.2, 0.25) is 0 Å². The number of non-ortho nitro benzene ring substituents is 1. The van der Waals surface area contributed by atoms with Gasteiger partial charge in [0.15, 0.2) is 0 Å². The summed E-state index contributed by atoms with van der Waals surface area (Å²) in [6, 6.07) is 12.3. The summed E-state index contributed by atoms with van der Waals surface area (Å²) in [6.45, 7) is 0.498. The summed E-state index contributed by atoms with van der Waals surface area (Å²) in [7, 11) is 0. The highest BCUT2D eigenvalue weighted by atomic mass is 79.9. The molecule has 0 aliphatic heterocycles. The molecule has 110 valence electrons. The molecule has 0 aliphatic carbocycles. The third-order valence-corrected chi connectivity index (χ3v) is 3.38. The first-order chi connectivity index (χ1) is 10.0. The molecule has 0 aromatic heterocycles. The number of anilines is 1. The van der Waals surface area contributed by atoms with E-state index in [-0.39, 0.29) is 5.69 Å². The topological polar surface area (TPSA) is 78.4 Å². The summed E-state index contributed by atoms with van der Waals surface area (Å²) < 4.78 is 6.19. The van der Waals surface area contributed by atoms with Crippen molar-refractivity contribution in [2.24, 2.45) is 0 Å². The number of rotatable bonds is 6. The van der Waals surface area contributed by atoms with Gasteiger partial charge in [-0.3, -0.25) is 10.1 Å². The van der Waals surface area contributed by atoms with Gasteiger partial charge >= 0.3 is 0 Å². The number of hydrogen-bond acceptors (Lipinski definition) is 4. The third-order valence-electron chi connectivity index (χ3n) is 2.93. The molecule has 21 heavy (non-hydrogen) atoms. The molecule has 5 nitrogen and oxygen atoms in total. The first-order valence-electron chi connectivity index (χ1n) is 6.47. The van der Waals surface area contributed by atoms with Crippen LogP contribution >= 0.6 is 15.9 Å². The zero-order valence-corrected chi connectivity index (χ0v) is 12.9. The zero-order valence-electron chi connectivity index (χ0n) is 11.3. The fourth-order valence-electron chi connectivity index (χ4n) is 1.89. The molecule has 2 aromatic carbocycles. The standard InChI is InChI=1S/C15H15BrN2O3/c16-12-8-14(18(19)20)10-15(9-12)21-7-1-2-11-3-5-13(17)6-4-11/h3-6,8-10H,1-2,7,17H2. The van der Waals surface area contributed by atoms with Gasteiger partial charge in [-0.25, -0.2) is 0 Å². The van der Waals surface area contributed by atoms with Crippen LogP contribution in [0.5, 0.6) is 5.75 Å². The second kappa shape index (κ2) is 7.08. The highest BCUT2D eigenvalue weighted by Gasteiger charge is 2.09. The second-order valence-electron chi connectivity index (χ2n) is 4.60. The number of nitro groups is 1. The van der Waals surface area contributed by atoms with Crippen molar-refractivity contribution in [2.75, 3.05) is 12.3 Å². The van der Waals surface area contributed by atoms with E-state index in [1.807, 2.05) is 24.3 Å². The summed E-state index contributed by atoms with van der Waals surface area (Å²) in [5.74, 6) is 0.494. The van der Waals surface area contributed by atoms with Crippen molar-refractivity contribution in [1.82, 2.24) is 0 Å². The number of hydrogen-bond donors (Lipinski definition) is 1. The Morgan fingerprint density at radius 2 is 1.90 bits per heavy atom. The van der Waals surface area contributed by atoms with Gasteiger partial charge in [-0.1, -0.05) is 28.1 Å². The van der Waals surface area contributed by atoms with Crippen LogP contribution in [0.15, 0.2) is 46.9 Å². The molecule has 0 spiro atoms. The lowest BCUT2D eigenvalue weighted by Gasteiger charge is -2.07. The van der Waals surface area contributed by atoms with E-state index in [0.717, 1.165) is 18.5 Å². The number of aryl methyl sites for hydroxylation is 1. The molecule has 2 rings (SSSR count). The quantitative estimate of drug-likeness (QED) is 0.370. The first kappa shape index (κ1) is 15.3. The van der Waals surface area contributed by atoms with Gasteiger partial charge in [-0.2, -0.15) is 0 Å². The number of nitro benzene ring substituents is 1. The van der Waals surface area contributed by atoms with Crippen LogP contribution in [0, 0.1) is 10.1 Å². The van der Waals surface area contributed by atoms with E-state index in [9.17, 15) is 10.1 Å². The highest BCUT2D eigenvalue weighted by Crippen LogP contribution is 2.26. The number of nitrogens with two attached hydrogens (primary N) is 1. The van der Waals surface area contributed by atoms with Crippen LogP contribution in [0.1, 0.15) is 12.0 Å². The third kappa shape index (κ3) is 4.75. The van der Waals surface area contributed by atoms with Gasteiger partial charge in [0.2, 0.25) is 0 Å². The largest absolute Gasteiger partial charge is 0.493 e. The number of benzene rings is 2. The monoisotopic (exact) mass is 350 g/mol. The van der Waals surface area contributed by atoms with Gasteiger partial charge in [-0.05, 0) is 36.6 Å². The maximum absolute atomic E-state index is 10.8.